The van der Waals surface area contributed by atoms with Crippen LogP contribution >= 0.6 is 0 Å². The molecular formula is C24H30F3NO. The van der Waals surface area contributed by atoms with E-state index in [0.29, 0.717) is 0 Å². The number of unbranched alkanes of at least 4 members (excludes halogenated alkanes) is 1. The predicted octanol–water partition coefficient (Wildman–Crippen LogP) is 7.52. The van der Waals surface area contributed by atoms with Gasteiger partial charge in [-0.2, -0.15) is 5.26 Å². The highest BCUT2D eigenvalue weighted by Gasteiger charge is 2.30. The van der Waals surface area contributed by atoms with Crippen molar-refractivity contribution < 1.29 is 17.9 Å². The fraction of sp³-hybridized carbons (Fsp3) is 0.542. The van der Waals surface area contributed by atoms with Gasteiger partial charge in [0.25, 0.3) is 0 Å². The fourth-order valence-corrected chi connectivity index (χ4v) is 4.03. The Morgan fingerprint density at radius 1 is 0.966 bits per heavy atom. The molecule has 1 aromatic carbocycles. The van der Waals surface area contributed by atoms with E-state index in [1.54, 1.807) is 18.2 Å². The second kappa shape index (κ2) is 12.4. The number of aryl methyl sites for hydroxylation is 1. The van der Waals surface area contributed by atoms with Gasteiger partial charge in [-0.3, -0.25) is 0 Å². The van der Waals surface area contributed by atoms with Crippen LogP contribution in [0.2, 0.25) is 0 Å². The van der Waals surface area contributed by atoms with E-state index < -0.39 is 6.36 Å². The van der Waals surface area contributed by atoms with Gasteiger partial charge in [-0.1, -0.05) is 68.9 Å². The van der Waals surface area contributed by atoms with Crippen LogP contribution in [0.15, 0.2) is 48.6 Å². The maximum absolute atomic E-state index is 12.2. The number of nitriles is 1. The maximum Gasteiger partial charge on any atom is 0.573 e. The Hall–Kier alpha value is -2.22. The molecule has 0 saturated heterocycles. The summed E-state index contributed by atoms with van der Waals surface area (Å²) in [6, 6.07) is 8.19. The lowest BCUT2D eigenvalue weighted by molar-refractivity contribution is -0.274. The number of alkyl halides is 3. The number of hydrogen-bond donors (Lipinski definition) is 0. The van der Waals surface area contributed by atoms with Crippen LogP contribution in [-0.2, 0) is 6.42 Å². The fourth-order valence-electron chi connectivity index (χ4n) is 4.03. The van der Waals surface area contributed by atoms with Crippen molar-refractivity contribution in [3.05, 3.63) is 54.1 Å². The molecule has 0 unspecified atom stereocenters. The van der Waals surface area contributed by atoms with Gasteiger partial charge in [-0.05, 0) is 55.2 Å². The van der Waals surface area contributed by atoms with E-state index >= 15 is 0 Å². The third-order valence-corrected chi connectivity index (χ3v) is 5.61. The summed E-state index contributed by atoms with van der Waals surface area (Å²) >= 11 is 0. The van der Waals surface area contributed by atoms with Crippen LogP contribution in [0.4, 0.5) is 13.2 Å². The Morgan fingerprint density at radius 3 is 2.24 bits per heavy atom. The van der Waals surface area contributed by atoms with Gasteiger partial charge in [0.05, 0.1) is 6.07 Å². The highest BCUT2D eigenvalue weighted by molar-refractivity contribution is 5.27. The summed E-state index contributed by atoms with van der Waals surface area (Å²) in [5, 5.41) is 8.42. The van der Waals surface area contributed by atoms with Crippen molar-refractivity contribution in [3.8, 4) is 11.8 Å². The first-order chi connectivity index (χ1) is 14.0. The van der Waals surface area contributed by atoms with Gasteiger partial charge >= 0.3 is 6.36 Å². The van der Waals surface area contributed by atoms with E-state index in [4.69, 9.17) is 5.26 Å². The molecule has 0 radical (unpaired) electrons. The summed E-state index contributed by atoms with van der Waals surface area (Å²) in [7, 11) is 0. The molecule has 2 rings (SSSR count). The molecule has 0 aliphatic heterocycles. The van der Waals surface area contributed by atoms with Crippen LogP contribution < -0.4 is 4.74 Å². The normalized spacial score (nSPS) is 20.2. The first kappa shape index (κ1) is 23.1. The number of allylic oxidation sites excluding steroid dienone is 4. The molecule has 2 nitrogen and oxygen atoms in total. The summed E-state index contributed by atoms with van der Waals surface area (Å²) in [6.45, 7) is 0. The lowest BCUT2D eigenvalue weighted by Gasteiger charge is -2.28. The van der Waals surface area contributed by atoms with E-state index in [1.165, 1.54) is 63.2 Å². The van der Waals surface area contributed by atoms with Crippen molar-refractivity contribution in [1.82, 2.24) is 0 Å². The van der Waals surface area contributed by atoms with Crippen LogP contribution in [0.3, 0.4) is 0 Å². The van der Waals surface area contributed by atoms with E-state index in [-0.39, 0.29) is 5.75 Å². The number of ether oxygens (including phenoxy) is 1. The molecule has 0 atom stereocenters. The first-order valence-corrected chi connectivity index (χ1v) is 10.5. The second-order valence-electron chi connectivity index (χ2n) is 7.82. The molecule has 1 aromatic rings. The van der Waals surface area contributed by atoms with Crippen molar-refractivity contribution in [2.75, 3.05) is 0 Å². The van der Waals surface area contributed by atoms with Crippen molar-refractivity contribution in [3.63, 3.8) is 0 Å². The minimum absolute atomic E-state index is 0.160. The molecule has 5 heteroatoms. The second-order valence-corrected chi connectivity index (χ2v) is 7.82. The third-order valence-electron chi connectivity index (χ3n) is 5.61. The van der Waals surface area contributed by atoms with E-state index in [9.17, 15) is 13.2 Å². The molecule has 0 aromatic heterocycles. The van der Waals surface area contributed by atoms with Crippen LogP contribution in [0.25, 0.3) is 0 Å². The van der Waals surface area contributed by atoms with Crippen LogP contribution in [0.5, 0.6) is 5.75 Å². The van der Waals surface area contributed by atoms with E-state index in [1.807, 2.05) is 12.1 Å². The van der Waals surface area contributed by atoms with Gasteiger partial charge in [-0.15, -0.1) is 13.2 Å². The number of hydrogen-bond acceptors (Lipinski definition) is 2. The zero-order chi connectivity index (χ0) is 21.0. The third kappa shape index (κ3) is 10.2. The topological polar surface area (TPSA) is 33.0 Å². The Kier molecular flexibility index (Phi) is 9.83. The summed E-state index contributed by atoms with van der Waals surface area (Å²) in [5.74, 6) is 1.49. The quantitative estimate of drug-likeness (QED) is 0.229. The molecule has 0 N–H and O–H groups in total. The van der Waals surface area contributed by atoms with Crippen molar-refractivity contribution in [1.29, 1.82) is 5.26 Å². The number of rotatable bonds is 10. The molecule has 158 valence electrons. The molecule has 1 fully saturated rings. The Bertz CT molecular complexity index is 678. The van der Waals surface area contributed by atoms with Crippen LogP contribution in [-0.4, -0.2) is 6.36 Å². The van der Waals surface area contributed by atoms with Crippen molar-refractivity contribution in [2.45, 2.75) is 70.6 Å². The summed E-state index contributed by atoms with van der Waals surface area (Å²) in [4.78, 5) is 0. The lowest BCUT2D eigenvalue weighted by atomic mass is 9.78. The van der Waals surface area contributed by atoms with Crippen molar-refractivity contribution in [2.24, 2.45) is 11.8 Å². The van der Waals surface area contributed by atoms with E-state index in [2.05, 4.69) is 10.8 Å². The van der Waals surface area contributed by atoms with Crippen LogP contribution in [0.1, 0.15) is 63.4 Å². The molecule has 1 aliphatic carbocycles. The summed E-state index contributed by atoms with van der Waals surface area (Å²) in [6.07, 6.45) is 14.7. The molecule has 0 spiro atoms. The van der Waals surface area contributed by atoms with Gasteiger partial charge in [0.2, 0.25) is 0 Å². The highest BCUT2D eigenvalue weighted by Crippen LogP contribution is 2.34. The Labute approximate surface area is 172 Å². The average molecular weight is 406 g/mol. The zero-order valence-corrected chi connectivity index (χ0v) is 16.8. The molecule has 29 heavy (non-hydrogen) atoms. The van der Waals surface area contributed by atoms with Gasteiger partial charge in [0, 0.05) is 6.08 Å². The van der Waals surface area contributed by atoms with Crippen LogP contribution in [0, 0.1) is 23.2 Å². The SMILES string of the molecule is N#C/C=C/C=C/CC[C@H]1CC[C@H](CCCCc2ccc(OC(F)(F)F)cc2)CC1. The first-order valence-electron chi connectivity index (χ1n) is 10.5. The van der Waals surface area contributed by atoms with Crippen molar-refractivity contribution >= 4 is 0 Å². The highest BCUT2D eigenvalue weighted by atomic mass is 19.4. The molecule has 1 aliphatic rings. The minimum atomic E-state index is -4.63. The Balaban J connectivity index is 1.55. The minimum Gasteiger partial charge on any atom is -0.406 e. The lowest BCUT2D eigenvalue weighted by Crippen LogP contribution is -2.17. The molecule has 0 amide bonds. The molecule has 1 saturated carbocycles. The predicted molar refractivity (Wildman–Crippen MR) is 109 cm³/mol. The van der Waals surface area contributed by atoms with E-state index in [0.717, 1.165) is 36.7 Å². The molecule has 0 bridgehead atoms. The number of benzene rings is 1. The standard InChI is InChI=1S/C24H30F3NO/c25-24(26,27)29-23-17-15-22(16-18-23)10-6-5-9-21-13-11-20(12-14-21)8-4-2-1-3-7-19-28/h1-3,7,15-18,20-21H,4-6,8-14H2/b2-1+,7-3+/t20-,21-. The molecule has 0 heterocycles. The smallest absolute Gasteiger partial charge is 0.406 e. The monoisotopic (exact) mass is 405 g/mol. The number of halogens is 3. The van der Waals surface area contributed by atoms with Gasteiger partial charge in [-0.25, -0.2) is 0 Å². The van der Waals surface area contributed by atoms with Gasteiger partial charge in [0.15, 0.2) is 0 Å². The van der Waals surface area contributed by atoms with Gasteiger partial charge < -0.3 is 4.74 Å². The summed E-state index contributed by atoms with van der Waals surface area (Å²) < 4.78 is 40.4. The summed E-state index contributed by atoms with van der Waals surface area (Å²) in [5.41, 5.74) is 1.06. The maximum atomic E-state index is 12.2. The zero-order valence-electron chi connectivity index (χ0n) is 16.8. The Morgan fingerprint density at radius 2 is 1.62 bits per heavy atom. The average Bonchev–Trinajstić information content (AvgIpc) is 2.69. The molecular weight excluding hydrogens is 375 g/mol. The number of nitrogens with zero attached hydrogens (tertiary/aromatic N) is 1. The largest absolute Gasteiger partial charge is 0.573 e. The van der Waals surface area contributed by atoms with Gasteiger partial charge in [0.1, 0.15) is 5.75 Å².